The van der Waals surface area contributed by atoms with E-state index in [4.69, 9.17) is 10.4 Å². The van der Waals surface area contributed by atoms with Crippen molar-refractivity contribution in [2.24, 2.45) is 0 Å². The molecule has 0 atom stereocenters. The molecule has 0 aliphatic rings. The zero-order chi connectivity index (χ0) is 12.3. The number of hydrogen-bond donors (Lipinski definition) is 1. The first-order valence-corrected chi connectivity index (χ1v) is 4.97. The minimum Gasteiger partial charge on any atom is -0.481 e. The lowest BCUT2D eigenvalue weighted by Crippen LogP contribution is -2.05. The van der Waals surface area contributed by atoms with Crippen molar-refractivity contribution in [1.29, 1.82) is 5.26 Å². The molecule has 1 N–H and O–H groups in total. The molecule has 0 unspecified atom stereocenters. The number of aliphatic carboxylic acids is 1. The quantitative estimate of drug-likeness (QED) is 0.931. The average Bonchev–Trinajstić information content (AvgIpc) is 2.15. The molecule has 0 aliphatic carbocycles. The van der Waals surface area contributed by atoms with Gasteiger partial charge in [-0.05, 0) is 17.7 Å². The highest BCUT2D eigenvalue weighted by atomic mass is 79.9. The van der Waals surface area contributed by atoms with E-state index in [1.165, 1.54) is 6.07 Å². The average molecular weight is 290 g/mol. The van der Waals surface area contributed by atoms with Crippen LogP contribution in [0.1, 0.15) is 23.1 Å². The van der Waals surface area contributed by atoms with Gasteiger partial charge in [-0.2, -0.15) is 5.26 Å². The summed E-state index contributed by atoms with van der Waals surface area (Å²) >= 11 is 3.00. The van der Waals surface area contributed by atoms with Crippen molar-refractivity contribution in [3.05, 3.63) is 33.3 Å². The predicted octanol–water partition coefficient (Wildman–Crippen LogP) is 2.89. The van der Waals surface area contributed by atoms with Crippen LogP contribution in [-0.2, 0) is 11.2 Å². The normalized spacial score (nSPS) is 10.2. The van der Waals surface area contributed by atoms with Gasteiger partial charge in [0.25, 0.3) is 6.43 Å². The Labute approximate surface area is 98.4 Å². The first-order chi connectivity index (χ1) is 7.45. The summed E-state index contributed by atoms with van der Waals surface area (Å²) in [6.45, 7) is 0. The highest BCUT2D eigenvalue weighted by Gasteiger charge is 2.18. The number of halogens is 3. The molecule has 84 valence electrons. The number of alkyl halides is 2. The van der Waals surface area contributed by atoms with E-state index in [0.29, 0.717) is 4.47 Å². The third kappa shape index (κ3) is 2.76. The molecular formula is C10H6BrF2NO2. The Hall–Kier alpha value is -1.48. The van der Waals surface area contributed by atoms with Crippen LogP contribution < -0.4 is 0 Å². The maximum absolute atomic E-state index is 12.6. The molecule has 1 aromatic carbocycles. The Kier molecular flexibility index (Phi) is 3.96. The Balaban J connectivity index is 3.37. The van der Waals surface area contributed by atoms with E-state index >= 15 is 0 Å². The summed E-state index contributed by atoms with van der Waals surface area (Å²) in [6.07, 6.45) is -3.26. The number of rotatable bonds is 3. The molecule has 0 aromatic heterocycles. The van der Waals surface area contributed by atoms with Gasteiger partial charge in [0.05, 0.1) is 18.1 Å². The number of nitriles is 1. The van der Waals surface area contributed by atoms with Crippen LogP contribution in [0.4, 0.5) is 8.78 Å². The molecule has 0 fully saturated rings. The maximum Gasteiger partial charge on any atom is 0.307 e. The van der Waals surface area contributed by atoms with Gasteiger partial charge >= 0.3 is 5.97 Å². The molecule has 6 heteroatoms. The molecule has 0 saturated heterocycles. The minimum atomic E-state index is -2.81. The molecule has 0 radical (unpaired) electrons. The molecule has 0 spiro atoms. The monoisotopic (exact) mass is 289 g/mol. The van der Waals surface area contributed by atoms with Gasteiger partial charge in [-0.3, -0.25) is 4.79 Å². The van der Waals surface area contributed by atoms with Crippen LogP contribution in [0.5, 0.6) is 0 Å². The number of carbonyl (C=O) groups is 1. The number of hydrogen-bond acceptors (Lipinski definition) is 2. The first-order valence-electron chi connectivity index (χ1n) is 4.18. The van der Waals surface area contributed by atoms with Crippen molar-refractivity contribution in [2.45, 2.75) is 12.8 Å². The number of nitrogens with zero attached hydrogens (tertiary/aromatic N) is 1. The van der Waals surface area contributed by atoms with E-state index < -0.39 is 24.4 Å². The second-order valence-corrected chi connectivity index (χ2v) is 3.93. The molecule has 0 aliphatic heterocycles. The molecule has 0 bridgehead atoms. The highest BCUT2D eigenvalue weighted by Crippen LogP contribution is 2.29. The summed E-state index contributed by atoms with van der Waals surface area (Å²) in [5.74, 6) is -1.17. The Morgan fingerprint density at radius 1 is 1.56 bits per heavy atom. The smallest absolute Gasteiger partial charge is 0.307 e. The van der Waals surface area contributed by atoms with Crippen molar-refractivity contribution in [3.8, 4) is 6.07 Å². The van der Waals surface area contributed by atoms with Gasteiger partial charge in [0.2, 0.25) is 0 Å². The maximum atomic E-state index is 12.6. The molecule has 1 aromatic rings. The lowest BCUT2D eigenvalue weighted by molar-refractivity contribution is -0.136. The number of carboxylic acids is 1. The van der Waals surface area contributed by atoms with E-state index in [-0.39, 0.29) is 11.1 Å². The van der Waals surface area contributed by atoms with Gasteiger partial charge in [0, 0.05) is 10.0 Å². The summed E-state index contributed by atoms with van der Waals surface area (Å²) in [5, 5.41) is 17.4. The van der Waals surface area contributed by atoms with E-state index in [9.17, 15) is 13.6 Å². The van der Waals surface area contributed by atoms with Crippen molar-refractivity contribution >= 4 is 21.9 Å². The highest BCUT2D eigenvalue weighted by molar-refractivity contribution is 9.10. The number of carboxylic acid groups (broad SMARTS) is 1. The second-order valence-electron chi connectivity index (χ2n) is 3.01. The zero-order valence-corrected chi connectivity index (χ0v) is 9.46. The Morgan fingerprint density at radius 3 is 2.62 bits per heavy atom. The lowest BCUT2D eigenvalue weighted by Gasteiger charge is -2.08. The van der Waals surface area contributed by atoms with Gasteiger partial charge in [0.15, 0.2) is 0 Å². The molecular weight excluding hydrogens is 284 g/mol. The third-order valence-corrected chi connectivity index (χ3v) is 2.36. The van der Waals surface area contributed by atoms with Gasteiger partial charge in [-0.15, -0.1) is 0 Å². The van der Waals surface area contributed by atoms with Crippen LogP contribution in [0.15, 0.2) is 16.6 Å². The van der Waals surface area contributed by atoms with E-state index in [0.717, 1.165) is 6.07 Å². The largest absolute Gasteiger partial charge is 0.481 e. The Morgan fingerprint density at radius 2 is 2.19 bits per heavy atom. The van der Waals surface area contributed by atoms with Gasteiger partial charge in [0.1, 0.15) is 0 Å². The van der Waals surface area contributed by atoms with Crippen LogP contribution in [0.2, 0.25) is 0 Å². The lowest BCUT2D eigenvalue weighted by atomic mass is 10.00. The molecule has 0 heterocycles. The SMILES string of the molecule is N#Cc1c(CC(=O)O)cc(Br)cc1C(F)F. The Bertz CT molecular complexity index is 469. The molecule has 0 amide bonds. The third-order valence-electron chi connectivity index (χ3n) is 1.90. The summed E-state index contributed by atoms with van der Waals surface area (Å²) in [7, 11) is 0. The van der Waals surface area contributed by atoms with Crippen molar-refractivity contribution in [1.82, 2.24) is 0 Å². The second kappa shape index (κ2) is 5.03. The van der Waals surface area contributed by atoms with Crippen LogP contribution >= 0.6 is 15.9 Å². The van der Waals surface area contributed by atoms with Gasteiger partial charge in [-0.25, -0.2) is 8.78 Å². The predicted molar refractivity (Wildman–Crippen MR) is 55.2 cm³/mol. The summed E-state index contributed by atoms with van der Waals surface area (Å²) in [6, 6.07) is 4.09. The van der Waals surface area contributed by atoms with Crippen LogP contribution in [0.3, 0.4) is 0 Å². The topological polar surface area (TPSA) is 61.1 Å². The number of benzene rings is 1. The van der Waals surface area contributed by atoms with Crippen LogP contribution in [-0.4, -0.2) is 11.1 Å². The van der Waals surface area contributed by atoms with Crippen molar-refractivity contribution in [3.63, 3.8) is 0 Å². The minimum absolute atomic E-state index is 0.0830. The molecule has 0 saturated carbocycles. The fourth-order valence-electron chi connectivity index (χ4n) is 1.30. The van der Waals surface area contributed by atoms with Crippen molar-refractivity contribution < 1.29 is 18.7 Å². The van der Waals surface area contributed by atoms with Gasteiger partial charge < -0.3 is 5.11 Å². The summed E-state index contributed by atoms with van der Waals surface area (Å²) in [5.41, 5.74) is -0.631. The van der Waals surface area contributed by atoms with Crippen molar-refractivity contribution in [2.75, 3.05) is 0 Å². The summed E-state index contributed by atoms with van der Waals surface area (Å²) < 4.78 is 25.5. The fraction of sp³-hybridized carbons (Fsp3) is 0.200. The van der Waals surface area contributed by atoms with Crippen LogP contribution in [0.25, 0.3) is 0 Å². The molecule has 3 nitrogen and oxygen atoms in total. The fourth-order valence-corrected chi connectivity index (χ4v) is 1.82. The van der Waals surface area contributed by atoms with Crippen LogP contribution in [0, 0.1) is 11.3 Å². The van der Waals surface area contributed by atoms with E-state index in [1.807, 2.05) is 0 Å². The van der Waals surface area contributed by atoms with E-state index in [2.05, 4.69) is 15.9 Å². The standard InChI is InChI=1S/C10H6BrF2NO2/c11-6-1-5(2-9(15)16)8(4-14)7(3-6)10(12)13/h1,3,10H,2H2,(H,15,16). The van der Waals surface area contributed by atoms with E-state index in [1.54, 1.807) is 6.07 Å². The summed E-state index contributed by atoms with van der Waals surface area (Å²) in [4.78, 5) is 10.5. The zero-order valence-electron chi connectivity index (χ0n) is 7.88. The first kappa shape index (κ1) is 12.6. The molecule has 1 rings (SSSR count). The molecule has 16 heavy (non-hydrogen) atoms. The van der Waals surface area contributed by atoms with Gasteiger partial charge in [-0.1, -0.05) is 15.9 Å².